The predicted molar refractivity (Wildman–Crippen MR) is 92.4 cm³/mol. The molecule has 1 atom stereocenters. The Balaban J connectivity index is 2.47. The summed E-state index contributed by atoms with van der Waals surface area (Å²) in [5.74, 6) is 0.701. The van der Waals surface area contributed by atoms with Crippen molar-refractivity contribution in [1.29, 1.82) is 0 Å². The predicted octanol–water partition coefficient (Wildman–Crippen LogP) is 5.12. The molecule has 0 heterocycles. The van der Waals surface area contributed by atoms with Crippen LogP contribution in [0.3, 0.4) is 0 Å². The lowest BCUT2D eigenvalue weighted by Crippen LogP contribution is -2.22. The van der Waals surface area contributed by atoms with Crippen LogP contribution in [0.4, 0.5) is 0 Å². The van der Waals surface area contributed by atoms with Crippen LogP contribution in [0.15, 0.2) is 40.9 Å². The molecule has 21 heavy (non-hydrogen) atoms. The van der Waals surface area contributed by atoms with E-state index in [-0.39, 0.29) is 6.04 Å². The summed E-state index contributed by atoms with van der Waals surface area (Å²) in [6, 6.07) is 12.4. The van der Waals surface area contributed by atoms with Crippen molar-refractivity contribution < 1.29 is 4.74 Å². The summed E-state index contributed by atoms with van der Waals surface area (Å²) in [7, 11) is 1.64. The maximum atomic E-state index is 6.12. The first-order chi connectivity index (χ1) is 10.1. The van der Waals surface area contributed by atoms with Gasteiger partial charge < -0.3 is 10.1 Å². The van der Waals surface area contributed by atoms with Gasteiger partial charge in [-0.15, -0.1) is 0 Å². The number of benzene rings is 2. The van der Waals surface area contributed by atoms with Crippen molar-refractivity contribution in [3.05, 3.63) is 62.6 Å². The molecule has 0 saturated carbocycles. The molecule has 1 N–H and O–H groups in total. The van der Waals surface area contributed by atoms with Crippen molar-refractivity contribution >= 4 is 27.5 Å². The highest BCUT2D eigenvalue weighted by Crippen LogP contribution is 2.32. The third-order valence-corrected chi connectivity index (χ3v) is 4.27. The van der Waals surface area contributed by atoms with Gasteiger partial charge >= 0.3 is 0 Å². The Hall–Kier alpha value is -1.03. The molecule has 0 amide bonds. The zero-order valence-corrected chi connectivity index (χ0v) is 14.8. The topological polar surface area (TPSA) is 21.3 Å². The second kappa shape index (κ2) is 7.30. The number of hydrogen-bond donors (Lipinski definition) is 1. The van der Waals surface area contributed by atoms with Gasteiger partial charge in [-0.3, -0.25) is 0 Å². The molecule has 0 aliphatic heterocycles. The molecule has 0 spiro atoms. The molecular formula is C17H19BrClNO. The second-order valence-corrected chi connectivity index (χ2v) is 6.21. The van der Waals surface area contributed by atoms with Gasteiger partial charge in [-0.1, -0.05) is 46.6 Å². The molecule has 1 unspecified atom stereocenters. The zero-order chi connectivity index (χ0) is 15.4. The molecule has 0 radical (unpaired) electrons. The van der Waals surface area contributed by atoms with E-state index < -0.39 is 0 Å². The van der Waals surface area contributed by atoms with Crippen LogP contribution in [0.1, 0.15) is 29.7 Å². The molecule has 2 aromatic rings. The van der Waals surface area contributed by atoms with Crippen LogP contribution in [0, 0.1) is 6.92 Å². The fourth-order valence-corrected chi connectivity index (χ4v) is 3.10. The van der Waals surface area contributed by atoms with Gasteiger partial charge in [-0.2, -0.15) is 0 Å². The molecule has 2 nitrogen and oxygen atoms in total. The van der Waals surface area contributed by atoms with E-state index in [4.69, 9.17) is 16.3 Å². The summed E-state index contributed by atoms with van der Waals surface area (Å²) < 4.78 is 6.42. The van der Waals surface area contributed by atoms with Gasteiger partial charge in [-0.25, -0.2) is 0 Å². The summed E-state index contributed by atoms with van der Waals surface area (Å²) >= 11 is 9.64. The van der Waals surface area contributed by atoms with Crippen molar-refractivity contribution in [1.82, 2.24) is 5.32 Å². The van der Waals surface area contributed by atoms with Crippen LogP contribution in [0.5, 0.6) is 5.75 Å². The highest BCUT2D eigenvalue weighted by atomic mass is 79.9. The molecular weight excluding hydrogens is 350 g/mol. The van der Waals surface area contributed by atoms with Gasteiger partial charge in [-0.05, 0) is 54.4 Å². The molecule has 0 fully saturated rings. The zero-order valence-electron chi connectivity index (χ0n) is 12.4. The Morgan fingerprint density at radius 1 is 1.24 bits per heavy atom. The van der Waals surface area contributed by atoms with E-state index in [1.807, 2.05) is 18.2 Å². The third kappa shape index (κ3) is 3.79. The minimum absolute atomic E-state index is 0.120. The van der Waals surface area contributed by atoms with Crippen LogP contribution in [-0.2, 0) is 0 Å². The normalized spacial score (nSPS) is 12.2. The molecule has 2 rings (SSSR count). The molecule has 4 heteroatoms. The average molecular weight is 369 g/mol. The summed E-state index contributed by atoms with van der Waals surface area (Å²) in [5.41, 5.74) is 3.64. The number of nitrogens with one attached hydrogen (secondary N) is 1. The molecule has 2 aromatic carbocycles. The standard InChI is InChI=1S/C17H19BrClNO/c1-4-20-17(14-7-6-13(18)9-11(14)2)12-5-8-15(19)16(10-12)21-3/h5-10,17,20H,4H2,1-3H3. The lowest BCUT2D eigenvalue weighted by molar-refractivity contribution is 0.414. The minimum atomic E-state index is 0.120. The Kier molecular flexibility index (Phi) is 5.68. The van der Waals surface area contributed by atoms with Gasteiger partial charge in [0.05, 0.1) is 18.2 Å². The van der Waals surface area contributed by atoms with Crippen molar-refractivity contribution in [2.45, 2.75) is 19.9 Å². The van der Waals surface area contributed by atoms with E-state index in [0.29, 0.717) is 10.8 Å². The summed E-state index contributed by atoms with van der Waals surface area (Å²) in [6.07, 6.45) is 0. The van der Waals surface area contributed by atoms with Gasteiger partial charge in [0.15, 0.2) is 0 Å². The Morgan fingerprint density at radius 3 is 2.62 bits per heavy atom. The molecule has 0 aliphatic rings. The lowest BCUT2D eigenvalue weighted by atomic mass is 9.95. The molecule has 0 saturated heterocycles. The quantitative estimate of drug-likeness (QED) is 0.791. The number of rotatable bonds is 5. The average Bonchev–Trinajstić information content (AvgIpc) is 2.46. The third-order valence-electron chi connectivity index (χ3n) is 3.46. The van der Waals surface area contributed by atoms with Gasteiger partial charge in [0.2, 0.25) is 0 Å². The van der Waals surface area contributed by atoms with Gasteiger partial charge in [0.1, 0.15) is 5.75 Å². The first-order valence-corrected chi connectivity index (χ1v) is 8.06. The minimum Gasteiger partial charge on any atom is -0.495 e. The second-order valence-electron chi connectivity index (χ2n) is 4.89. The fourth-order valence-electron chi connectivity index (χ4n) is 2.43. The largest absolute Gasteiger partial charge is 0.495 e. The van der Waals surface area contributed by atoms with E-state index in [9.17, 15) is 0 Å². The van der Waals surface area contributed by atoms with Crippen LogP contribution in [-0.4, -0.2) is 13.7 Å². The number of ether oxygens (including phenoxy) is 1. The number of methoxy groups -OCH3 is 1. The van der Waals surface area contributed by atoms with E-state index in [0.717, 1.165) is 16.6 Å². The Morgan fingerprint density at radius 2 is 2.00 bits per heavy atom. The summed E-state index contributed by atoms with van der Waals surface area (Å²) in [4.78, 5) is 0. The smallest absolute Gasteiger partial charge is 0.137 e. The maximum Gasteiger partial charge on any atom is 0.137 e. The number of aryl methyl sites for hydroxylation is 1. The molecule has 0 aromatic heterocycles. The fraction of sp³-hybridized carbons (Fsp3) is 0.294. The molecule has 0 bridgehead atoms. The van der Waals surface area contributed by atoms with Gasteiger partial charge in [0.25, 0.3) is 0 Å². The molecule has 0 aliphatic carbocycles. The summed E-state index contributed by atoms with van der Waals surface area (Å²) in [5, 5.41) is 4.16. The van der Waals surface area contributed by atoms with Crippen molar-refractivity contribution in [3.8, 4) is 5.75 Å². The van der Waals surface area contributed by atoms with E-state index >= 15 is 0 Å². The SMILES string of the molecule is CCNC(c1ccc(Cl)c(OC)c1)c1ccc(Br)cc1C. The van der Waals surface area contributed by atoms with E-state index in [1.54, 1.807) is 7.11 Å². The first kappa shape index (κ1) is 16.3. The number of hydrogen-bond acceptors (Lipinski definition) is 2. The monoisotopic (exact) mass is 367 g/mol. The van der Waals surface area contributed by atoms with Crippen LogP contribution in [0.25, 0.3) is 0 Å². The highest BCUT2D eigenvalue weighted by molar-refractivity contribution is 9.10. The van der Waals surface area contributed by atoms with Crippen LogP contribution in [0.2, 0.25) is 5.02 Å². The summed E-state index contributed by atoms with van der Waals surface area (Å²) in [6.45, 7) is 5.11. The van der Waals surface area contributed by atoms with E-state index in [2.05, 4.69) is 53.3 Å². The van der Waals surface area contributed by atoms with E-state index in [1.165, 1.54) is 11.1 Å². The first-order valence-electron chi connectivity index (χ1n) is 6.89. The van der Waals surface area contributed by atoms with Gasteiger partial charge in [0, 0.05) is 4.47 Å². The van der Waals surface area contributed by atoms with Crippen molar-refractivity contribution in [2.24, 2.45) is 0 Å². The molecule has 112 valence electrons. The van der Waals surface area contributed by atoms with Crippen LogP contribution >= 0.6 is 27.5 Å². The van der Waals surface area contributed by atoms with Crippen molar-refractivity contribution in [2.75, 3.05) is 13.7 Å². The van der Waals surface area contributed by atoms with Crippen LogP contribution < -0.4 is 10.1 Å². The lowest BCUT2D eigenvalue weighted by Gasteiger charge is -2.22. The highest BCUT2D eigenvalue weighted by Gasteiger charge is 2.17. The Labute approximate surface area is 139 Å². The maximum absolute atomic E-state index is 6.12. The number of halogens is 2. The van der Waals surface area contributed by atoms with Crippen molar-refractivity contribution in [3.63, 3.8) is 0 Å². The Bertz CT molecular complexity index is 630.